The number of aryl methyl sites for hydroxylation is 2. The first-order valence-corrected chi connectivity index (χ1v) is 8.64. The molecule has 1 aliphatic heterocycles. The van der Waals surface area contributed by atoms with Crippen molar-refractivity contribution >= 4 is 40.3 Å². The Hall–Kier alpha value is -2.18. The van der Waals surface area contributed by atoms with Gasteiger partial charge in [-0.05, 0) is 60.9 Å². The van der Waals surface area contributed by atoms with Gasteiger partial charge in [0, 0.05) is 6.20 Å². The third-order valence-electron chi connectivity index (χ3n) is 3.51. The zero-order valence-electron chi connectivity index (χ0n) is 13.3. The number of thioether (sulfide) groups is 1. The standard InChI is InChI=1S/C18H16N2O2S2/c1-11-7-13(9-15-17(21)20-18(23)24-15)8-12(2)16(11)22-10-14-5-3-4-6-19-14/h3-9H,10H2,1-2H3,(H,20,21,23). The van der Waals surface area contributed by atoms with Crippen molar-refractivity contribution in [3.63, 3.8) is 0 Å². The quantitative estimate of drug-likeness (QED) is 0.668. The van der Waals surface area contributed by atoms with E-state index >= 15 is 0 Å². The number of benzene rings is 1. The van der Waals surface area contributed by atoms with Gasteiger partial charge in [0.1, 0.15) is 16.7 Å². The molecule has 0 unspecified atom stereocenters. The van der Waals surface area contributed by atoms with Gasteiger partial charge in [0.25, 0.3) is 5.91 Å². The van der Waals surface area contributed by atoms with Gasteiger partial charge in [-0.25, -0.2) is 0 Å². The van der Waals surface area contributed by atoms with E-state index in [1.165, 1.54) is 11.8 Å². The number of aromatic nitrogens is 1. The van der Waals surface area contributed by atoms with E-state index in [-0.39, 0.29) is 5.91 Å². The number of carbonyl (C=O) groups excluding carboxylic acids is 1. The van der Waals surface area contributed by atoms with Crippen LogP contribution in [0.1, 0.15) is 22.4 Å². The number of hydrogen-bond acceptors (Lipinski definition) is 5. The van der Waals surface area contributed by atoms with Crippen LogP contribution in [0.15, 0.2) is 41.4 Å². The molecule has 4 nitrogen and oxygen atoms in total. The van der Waals surface area contributed by atoms with Crippen LogP contribution in [0.3, 0.4) is 0 Å². The predicted molar refractivity (Wildman–Crippen MR) is 101 cm³/mol. The molecule has 1 amide bonds. The van der Waals surface area contributed by atoms with Gasteiger partial charge in [0.15, 0.2) is 0 Å². The van der Waals surface area contributed by atoms with Crippen molar-refractivity contribution in [3.05, 3.63) is 63.8 Å². The van der Waals surface area contributed by atoms with E-state index in [1.54, 1.807) is 6.20 Å². The highest BCUT2D eigenvalue weighted by molar-refractivity contribution is 8.26. The molecule has 1 saturated heterocycles. The summed E-state index contributed by atoms with van der Waals surface area (Å²) in [5.74, 6) is 0.706. The van der Waals surface area contributed by atoms with Crippen LogP contribution < -0.4 is 10.1 Å². The normalized spacial score (nSPS) is 15.7. The lowest BCUT2D eigenvalue weighted by molar-refractivity contribution is -0.115. The van der Waals surface area contributed by atoms with E-state index < -0.39 is 0 Å². The lowest BCUT2D eigenvalue weighted by Gasteiger charge is -2.13. The van der Waals surface area contributed by atoms with Crippen molar-refractivity contribution in [1.29, 1.82) is 0 Å². The van der Waals surface area contributed by atoms with Gasteiger partial charge < -0.3 is 10.1 Å². The Kier molecular flexibility index (Phi) is 4.97. The second-order valence-electron chi connectivity index (χ2n) is 5.45. The summed E-state index contributed by atoms with van der Waals surface area (Å²) in [4.78, 5) is 16.6. The van der Waals surface area contributed by atoms with Crippen molar-refractivity contribution in [2.24, 2.45) is 0 Å². The molecule has 1 fully saturated rings. The number of nitrogens with zero attached hydrogens (tertiary/aromatic N) is 1. The number of carbonyl (C=O) groups is 1. The van der Waals surface area contributed by atoms with Gasteiger partial charge in [-0.2, -0.15) is 0 Å². The highest BCUT2D eigenvalue weighted by Gasteiger charge is 2.22. The summed E-state index contributed by atoms with van der Waals surface area (Å²) in [7, 11) is 0. The molecule has 24 heavy (non-hydrogen) atoms. The second-order valence-corrected chi connectivity index (χ2v) is 7.16. The minimum atomic E-state index is -0.143. The number of thiocarbonyl (C=S) groups is 1. The molecule has 122 valence electrons. The maximum Gasteiger partial charge on any atom is 0.263 e. The first kappa shape index (κ1) is 16.7. The van der Waals surface area contributed by atoms with Gasteiger partial charge in [-0.1, -0.05) is 30.0 Å². The lowest BCUT2D eigenvalue weighted by Crippen LogP contribution is -2.17. The van der Waals surface area contributed by atoms with E-state index in [0.717, 1.165) is 28.1 Å². The number of rotatable bonds is 4. The van der Waals surface area contributed by atoms with Crippen molar-refractivity contribution in [3.8, 4) is 5.75 Å². The highest BCUT2D eigenvalue weighted by atomic mass is 32.2. The molecule has 0 bridgehead atoms. The fourth-order valence-electron chi connectivity index (χ4n) is 2.50. The van der Waals surface area contributed by atoms with Gasteiger partial charge in [-0.3, -0.25) is 9.78 Å². The van der Waals surface area contributed by atoms with Crippen molar-refractivity contribution in [2.45, 2.75) is 20.5 Å². The van der Waals surface area contributed by atoms with Crippen LogP contribution in [-0.2, 0) is 11.4 Å². The molecule has 2 aromatic rings. The summed E-state index contributed by atoms with van der Waals surface area (Å²) in [6, 6.07) is 9.76. The van der Waals surface area contributed by atoms with Gasteiger partial charge >= 0.3 is 0 Å². The van der Waals surface area contributed by atoms with Crippen LogP contribution in [-0.4, -0.2) is 15.2 Å². The van der Waals surface area contributed by atoms with E-state index in [1.807, 2.05) is 50.3 Å². The van der Waals surface area contributed by atoms with Gasteiger partial charge in [0.05, 0.1) is 10.6 Å². The molecule has 0 atom stereocenters. The fourth-order valence-corrected chi connectivity index (χ4v) is 3.54. The molecule has 1 aromatic carbocycles. The molecular formula is C18H16N2O2S2. The van der Waals surface area contributed by atoms with Crippen LogP contribution in [0.5, 0.6) is 5.75 Å². The molecule has 1 aromatic heterocycles. The number of amides is 1. The Labute approximate surface area is 150 Å². The van der Waals surface area contributed by atoms with Crippen molar-refractivity contribution < 1.29 is 9.53 Å². The molecule has 1 N–H and O–H groups in total. The minimum Gasteiger partial charge on any atom is -0.487 e. The first-order chi connectivity index (χ1) is 11.5. The fraction of sp³-hybridized carbons (Fsp3) is 0.167. The molecule has 0 spiro atoms. The molecule has 2 heterocycles. The maximum atomic E-state index is 11.8. The van der Waals surface area contributed by atoms with E-state index in [4.69, 9.17) is 17.0 Å². The lowest BCUT2D eigenvalue weighted by atomic mass is 10.1. The average Bonchev–Trinajstić information content (AvgIpc) is 2.85. The Morgan fingerprint density at radius 3 is 2.62 bits per heavy atom. The number of ether oxygens (including phenoxy) is 1. The van der Waals surface area contributed by atoms with Crippen LogP contribution in [0, 0.1) is 13.8 Å². The topological polar surface area (TPSA) is 51.2 Å². The molecule has 3 rings (SSSR count). The molecule has 0 saturated carbocycles. The van der Waals surface area contributed by atoms with E-state index in [0.29, 0.717) is 15.8 Å². The summed E-state index contributed by atoms with van der Waals surface area (Å²) in [5.41, 5.74) is 3.88. The molecule has 0 aliphatic carbocycles. The van der Waals surface area contributed by atoms with Crippen molar-refractivity contribution in [2.75, 3.05) is 0 Å². The summed E-state index contributed by atoms with van der Waals surface area (Å²) in [6.07, 6.45) is 3.60. The van der Waals surface area contributed by atoms with Crippen molar-refractivity contribution in [1.82, 2.24) is 10.3 Å². The number of hydrogen-bond donors (Lipinski definition) is 1. The summed E-state index contributed by atoms with van der Waals surface area (Å²) in [6.45, 7) is 4.42. The van der Waals surface area contributed by atoms with Crippen LogP contribution in [0.25, 0.3) is 6.08 Å². The predicted octanol–water partition coefficient (Wildman–Crippen LogP) is 3.77. The summed E-state index contributed by atoms with van der Waals surface area (Å²) in [5, 5.41) is 2.62. The number of pyridine rings is 1. The smallest absolute Gasteiger partial charge is 0.263 e. The Morgan fingerprint density at radius 2 is 2.04 bits per heavy atom. The minimum absolute atomic E-state index is 0.143. The third kappa shape index (κ3) is 3.83. The third-order valence-corrected chi connectivity index (χ3v) is 4.68. The molecule has 6 heteroatoms. The molecule has 0 radical (unpaired) electrons. The first-order valence-electron chi connectivity index (χ1n) is 7.42. The van der Waals surface area contributed by atoms with Crippen LogP contribution in [0.4, 0.5) is 0 Å². The van der Waals surface area contributed by atoms with Crippen LogP contribution >= 0.6 is 24.0 Å². The van der Waals surface area contributed by atoms with E-state index in [9.17, 15) is 4.79 Å². The zero-order valence-corrected chi connectivity index (χ0v) is 15.0. The average molecular weight is 356 g/mol. The zero-order chi connectivity index (χ0) is 17.1. The van der Waals surface area contributed by atoms with Crippen LogP contribution in [0.2, 0.25) is 0 Å². The highest BCUT2D eigenvalue weighted by Crippen LogP contribution is 2.30. The molecular weight excluding hydrogens is 340 g/mol. The SMILES string of the molecule is Cc1cc(C=C2SC(=S)NC2=O)cc(C)c1OCc1ccccn1. The second kappa shape index (κ2) is 7.15. The monoisotopic (exact) mass is 356 g/mol. The largest absolute Gasteiger partial charge is 0.487 e. The summed E-state index contributed by atoms with van der Waals surface area (Å²) < 4.78 is 6.42. The Balaban J connectivity index is 1.80. The Bertz CT molecular complexity index is 809. The summed E-state index contributed by atoms with van der Waals surface area (Å²) >= 11 is 6.29. The van der Waals surface area contributed by atoms with Gasteiger partial charge in [-0.15, -0.1) is 0 Å². The van der Waals surface area contributed by atoms with Gasteiger partial charge in [0.2, 0.25) is 0 Å². The molecule has 1 aliphatic rings. The Morgan fingerprint density at radius 1 is 1.29 bits per heavy atom. The maximum absolute atomic E-state index is 11.8. The number of nitrogens with one attached hydrogen (secondary N) is 1. The van der Waals surface area contributed by atoms with E-state index in [2.05, 4.69) is 10.3 Å².